The molecule has 2 N–H and O–H groups in total. The second-order valence-electron chi connectivity index (χ2n) is 3.90. The summed E-state index contributed by atoms with van der Waals surface area (Å²) in [6, 6.07) is 9.33. The monoisotopic (exact) mass is 257 g/mol. The van der Waals surface area contributed by atoms with Crippen molar-refractivity contribution >= 4 is 27.9 Å². The third kappa shape index (κ3) is 2.12. The molecular weight excluding hydrogens is 246 g/mol. The van der Waals surface area contributed by atoms with Crippen LogP contribution in [0.25, 0.3) is 10.9 Å². The normalized spacial score (nSPS) is 10.7. The Hall–Kier alpha value is -2.14. The Labute approximate surface area is 107 Å². The van der Waals surface area contributed by atoms with Crippen molar-refractivity contribution < 1.29 is 0 Å². The van der Waals surface area contributed by atoms with E-state index in [2.05, 4.69) is 15.3 Å². The van der Waals surface area contributed by atoms with Crippen LogP contribution in [0.5, 0.6) is 0 Å². The molecule has 3 aromatic rings. The number of benzene rings is 1. The number of hydrogen-bond acceptors (Lipinski definition) is 4. The molecule has 0 spiro atoms. The minimum absolute atomic E-state index is 0.0947. The van der Waals surface area contributed by atoms with Crippen LogP contribution in [-0.2, 0) is 6.54 Å². The van der Waals surface area contributed by atoms with Gasteiger partial charge in [-0.2, -0.15) is 11.3 Å². The maximum atomic E-state index is 11.8. The summed E-state index contributed by atoms with van der Waals surface area (Å²) in [5.41, 5.74) is 1.67. The molecule has 90 valence electrons. The van der Waals surface area contributed by atoms with Gasteiger partial charge in [-0.25, -0.2) is 4.98 Å². The van der Waals surface area contributed by atoms with Crippen molar-refractivity contribution in [3.05, 3.63) is 57.3 Å². The summed E-state index contributed by atoms with van der Waals surface area (Å²) >= 11 is 1.63. The number of nitrogens with one attached hydrogen (secondary N) is 2. The van der Waals surface area contributed by atoms with E-state index < -0.39 is 0 Å². The van der Waals surface area contributed by atoms with E-state index in [-0.39, 0.29) is 5.56 Å². The smallest absolute Gasteiger partial charge is 0.258 e. The molecule has 0 saturated carbocycles. The molecule has 0 bridgehead atoms. The maximum absolute atomic E-state index is 11.8. The van der Waals surface area contributed by atoms with Gasteiger partial charge in [-0.15, -0.1) is 0 Å². The van der Waals surface area contributed by atoms with Crippen molar-refractivity contribution in [3.63, 3.8) is 0 Å². The van der Waals surface area contributed by atoms with Crippen LogP contribution >= 0.6 is 11.3 Å². The van der Waals surface area contributed by atoms with Crippen LogP contribution in [0, 0.1) is 0 Å². The number of anilines is 1. The lowest BCUT2D eigenvalue weighted by atomic mass is 10.2. The van der Waals surface area contributed by atoms with E-state index in [4.69, 9.17) is 0 Å². The molecule has 3 rings (SSSR count). The van der Waals surface area contributed by atoms with Gasteiger partial charge in [0.1, 0.15) is 5.82 Å². The maximum Gasteiger partial charge on any atom is 0.258 e. The summed E-state index contributed by atoms with van der Waals surface area (Å²) in [6.07, 6.45) is 0. The number of H-pyrrole nitrogens is 1. The number of nitrogens with zero attached hydrogens (tertiary/aromatic N) is 1. The third-order valence-electron chi connectivity index (χ3n) is 2.64. The van der Waals surface area contributed by atoms with Crippen LogP contribution in [0.4, 0.5) is 5.69 Å². The summed E-state index contributed by atoms with van der Waals surface area (Å²) in [5.74, 6) is 0.643. The average molecular weight is 257 g/mol. The molecule has 0 aliphatic heterocycles. The summed E-state index contributed by atoms with van der Waals surface area (Å²) in [4.78, 5) is 19.0. The van der Waals surface area contributed by atoms with E-state index >= 15 is 0 Å². The van der Waals surface area contributed by atoms with Crippen LogP contribution < -0.4 is 10.9 Å². The fraction of sp³-hybridized carbons (Fsp3) is 0.0769. The van der Waals surface area contributed by atoms with Crippen molar-refractivity contribution in [2.45, 2.75) is 6.54 Å². The fourth-order valence-corrected chi connectivity index (χ4v) is 2.38. The standard InChI is InChI=1S/C13H11N3OS/c17-13-10-3-1-2-4-11(10)15-12(16-13)7-14-9-5-6-18-8-9/h1-6,8,14H,7H2,(H,15,16,17). The second-order valence-corrected chi connectivity index (χ2v) is 4.68. The Balaban J connectivity index is 1.91. The largest absolute Gasteiger partial charge is 0.377 e. The zero-order valence-electron chi connectivity index (χ0n) is 9.51. The Kier molecular flexibility index (Phi) is 2.82. The zero-order valence-corrected chi connectivity index (χ0v) is 10.3. The number of rotatable bonds is 3. The van der Waals surface area contributed by atoms with Gasteiger partial charge < -0.3 is 10.3 Å². The van der Waals surface area contributed by atoms with Gasteiger partial charge in [-0.05, 0) is 23.6 Å². The van der Waals surface area contributed by atoms with Crippen molar-refractivity contribution in [2.24, 2.45) is 0 Å². The molecule has 0 radical (unpaired) electrons. The molecule has 5 heteroatoms. The minimum atomic E-state index is -0.0947. The van der Waals surface area contributed by atoms with Crippen LogP contribution in [-0.4, -0.2) is 9.97 Å². The predicted octanol–water partition coefficient (Wildman–Crippen LogP) is 2.60. The summed E-state index contributed by atoms with van der Waals surface area (Å²) < 4.78 is 0. The first kappa shape index (κ1) is 11.0. The molecule has 18 heavy (non-hydrogen) atoms. The van der Waals surface area contributed by atoms with E-state index in [0.717, 1.165) is 11.2 Å². The van der Waals surface area contributed by atoms with Crippen molar-refractivity contribution in [1.82, 2.24) is 9.97 Å². The number of fused-ring (bicyclic) bond motifs is 1. The molecule has 0 amide bonds. The lowest BCUT2D eigenvalue weighted by Crippen LogP contribution is -2.14. The summed E-state index contributed by atoms with van der Waals surface area (Å²) in [7, 11) is 0. The SMILES string of the molecule is O=c1[nH]c(CNc2ccsc2)nc2ccccc12. The molecule has 0 saturated heterocycles. The first-order valence-corrected chi connectivity index (χ1v) is 6.51. The molecule has 0 fully saturated rings. The van der Waals surface area contributed by atoms with Crippen molar-refractivity contribution in [3.8, 4) is 0 Å². The molecule has 0 atom stereocenters. The van der Waals surface area contributed by atoms with Gasteiger partial charge in [0.05, 0.1) is 17.4 Å². The first-order chi connectivity index (χ1) is 8.83. The number of para-hydroxylation sites is 1. The number of thiophene rings is 1. The Bertz CT molecular complexity index is 718. The van der Waals surface area contributed by atoms with E-state index in [1.165, 1.54) is 0 Å². The minimum Gasteiger partial charge on any atom is -0.377 e. The van der Waals surface area contributed by atoms with Crippen LogP contribution in [0.1, 0.15) is 5.82 Å². The molecule has 4 nitrogen and oxygen atoms in total. The van der Waals surface area contributed by atoms with Gasteiger partial charge in [-0.1, -0.05) is 12.1 Å². The Morgan fingerprint density at radius 1 is 1.28 bits per heavy atom. The predicted molar refractivity (Wildman–Crippen MR) is 74.0 cm³/mol. The Morgan fingerprint density at radius 3 is 3.00 bits per heavy atom. The molecule has 0 aliphatic carbocycles. The zero-order chi connectivity index (χ0) is 12.4. The van der Waals surface area contributed by atoms with Crippen LogP contribution in [0.15, 0.2) is 45.9 Å². The van der Waals surface area contributed by atoms with E-state index in [9.17, 15) is 4.79 Å². The highest BCUT2D eigenvalue weighted by Gasteiger charge is 2.02. The van der Waals surface area contributed by atoms with Crippen molar-refractivity contribution in [2.75, 3.05) is 5.32 Å². The van der Waals surface area contributed by atoms with Gasteiger partial charge in [0.25, 0.3) is 5.56 Å². The van der Waals surface area contributed by atoms with Gasteiger partial charge in [-0.3, -0.25) is 4.79 Å². The van der Waals surface area contributed by atoms with E-state index in [1.54, 1.807) is 17.4 Å². The molecule has 0 aliphatic rings. The highest BCUT2D eigenvalue weighted by atomic mass is 32.1. The van der Waals surface area contributed by atoms with Gasteiger partial charge in [0.2, 0.25) is 0 Å². The summed E-state index contributed by atoms with van der Waals surface area (Å²) in [6.45, 7) is 0.511. The first-order valence-electron chi connectivity index (χ1n) is 5.57. The van der Waals surface area contributed by atoms with Gasteiger partial charge in [0.15, 0.2) is 0 Å². The van der Waals surface area contributed by atoms with Crippen LogP contribution in [0.2, 0.25) is 0 Å². The Morgan fingerprint density at radius 2 is 2.17 bits per heavy atom. The molecule has 2 aromatic heterocycles. The average Bonchev–Trinajstić information content (AvgIpc) is 2.90. The highest BCUT2D eigenvalue weighted by molar-refractivity contribution is 7.08. The van der Waals surface area contributed by atoms with E-state index in [1.807, 2.05) is 35.0 Å². The van der Waals surface area contributed by atoms with Gasteiger partial charge in [0, 0.05) is 11.1 Å². The lowest BCUT2D eigenvalue weighted by molar-refractivity contribution is 0.954. The number of aromatic amines is 1. The molecule has 0 unspecified atom stereocenters. The molecule has 1 aromatic carbocycles. The number of hydrogen-bond donors (Lipinski definition) is 2. The fourth-order valence-electron chi connectivity index (χ4n) is 1.77. The molecular formula is C13H11N3OS. The highest BCUT2D eigenvalue weighted by Crippen LogP contribution is 2.12. The van der Waals surface area contributed by atoms with Crippen LogP contribution in [0.3, 0.4) is 0 Å². The second kappa shape index (κ2) is 4.62. The van der Waals surface area contributed by atoms with Crippen molar-refractivity contribution in [1.29, 1.82) is 0 Å². The third-order valence-corrected chi connectivity index (χ3v) is 3.33. The lowest BCUT2D eigenvalue weighted by Gasteiger charge is -2.04. The quantitative estimate of drug-likeness (QED) is 0.758. The van der Waals surface area contributed by atoms with Gasteiger partial charge >= 0.3 is 0 Å². The number of aromatic nitrogens is 2. The van der Waals surface area contributed by atoms with E-state index in [0.29, 0.717) is 17.8 Å². The molecule has 2 heterocycles. The summed E-state index contributed by atoms with van der Waals surface area (Å²) in [5, 5.41) is 7.84. The topological polar surface area (TPSA) is 57.8 Å².